The Labute approximate surface area is 383 Å². The van der Waals surface area contributed by atoms with Crippen molar-refractivity contribution in [3.63, 3.8) is 0 Å². The first-order valence-electron chi connectivity index (χ1n) is 17.2. The molecule has 8 N–H and O–H groups in total. The molecule has 4 aromatic carbocycles. The number of nitrogens with zero attached hydrogens (tertiary/aromatic N) is 3. The number of hydrogen-bond acceptors (Lipinski definition) is 12. The molecule has 2 atom stereocenters. The minimum atomic E-state index is -2.98. The number of amides is 1. The van der Waals surface area contributed by atoms with Crippen molar-refractivity contribution in [2.45, 2.75) is 24.9 Å². The fourth-order valence-electron chi connectivity index (χ4n) is 5.02. The van der Waals surface area contributed by atoms with Gasteiger partial charge in [0.15, 0.2) is 17.5 Å². The Morgan fingerprint density at radius 2 is 1.41 bits per heavy atom. The number of benzene rings is 4. The molecule has 0 fully saturated rings. The molecule has 0 aliphatic carbocycles. The van der Waals surface area contributed by atoms with Crippen LogP contribution in [0.3, 0.4) is 0 Å². The number of carbonyl (C=O) groups is 4. The summed E-state index contributed by atoms with van der Waals surface area (Å²) in [6.07, 6.45) is 5.27. The summed E-state index contributed by atoms with van der Waals surface area (Å²) in [7, 11) is 3.01. The van der Waals surface area contributed by atoms with Crippen LogP contribution in [0.4, 0.5) is 17.6 Å². The van der Waals surface area contributed by atoms with Gasteiger partial charge in [0.2, 0.25) is 11.6 Å². The number of aliphatic hydroxyl groups excluding tert-OH is 2. The minimum Gasteiger partial charge on any atom is -0.847 e. The first-order valence-corrected chi connectivity index (χ1v) is 17.2. The molecule has 0 saturated heterocycles. The van der Waals surface area contributed by atoms with E-state index in [1.807, 2.05) is 0 Å². The van der Waals surface area contributed by atoms with Gasteiger partial charge in [-0.15, -0.1) is 6.61 Å². The van der Waals surface area contributed by atoms with Crippen LogP contribution >= 0.6 is 0 Å². The van der Waals surface area contributed by atoms with Crippen LogP contribution in [0.2, 0.25) is 0 Å². The number of hydrogen-bond donors (Lipinski definition) is 5. The Hall–Kier alpha value is -6.39. The molecule has 1 heterocycles. The summed E-state index contributed by atoms with van der Waals surface area (Å²) < 4.78 is 57.5. The van der Waals surface area contributed by atoms with Crippen LogP contribution in [-0.4, -0.2) is 91.3 Å². The molecule has 0 bridgehead atoms. The standard InChI is InChI=1S/C21H19F2N3O4.C16H10F2O4.C3H2O.C2H7N3.2Li/c1-26-18(29)21(25-20(26)24,14-7-9-16(10-8-14)30-19(22)23)15-5-2-4-13(12-15)17(28)6-3-11-27;17-16(18)22-13-6-4-11(5-7-13)14(20)15(21)12-3-1-2-10(8-12)9-19;1-2-3-4;1-5-2(3)4;;/h2,4-5,7-10,12,17,19,27-28H,11H2,1H3,(H2,24,25);1-9,16H;3H2;1H3,(H4,3,4,5);;/q;;-2;;2*+1. The third-order valence-corrected chi connectivity index (χ3v) is 7.84. The van der Waals surface area contributed by atoms with Crippen LogP contribution < -0.4 is 69.5 Å². The fourth-order valence-corrected chi connectivity index (χ4v) is 5.02. The minimum absolute atomic E-state index is 0. The number of carbonyl (C=O) groups excluding carboxylic acids is 4. The number of alkyl halides is 4. The topological polar surface area (TPSA) is 256 Å². The number of rotatable bonds is 11. The quantitative estimate of drug-likeness (QED) is 0.0113. The van der Waals surface area contributed by atoms with E-state index in [0.29, 0.717) is 23.0 Å². The second kappa shape index (κ2) is 28.3. The van der Waals surface area contributed by atoms with Gasteiger partial charge >= 0.3 is 50.9 Å². The number of nitrogens with two attached hydrogens (primary N) is 3. The fraction of sp³-hybridized carbons (Fsp3) is 0.190. The number of guanidine groups is 2. The first kappa shape index (κ1) is 56.6. The second-order valence-corrected chi connectivity index (χ2v) is 11.7. The van der Waals surface area contributed by atoms with Crippen molar-refractivity contribution < 1.29 is 99.3 Å². The monoisotopic (exact) mass is 860 g/mol. The van der Waals surface area contributed by atoms with Gasteiger partial charge in [0.05, 0.1) is 0 Å². The van der Waals surface area contributed by atoms with E-state index in [4.69, 9.17) is 33.8 Å². The van der Waals surface area contributed by atoms with Gasteiger partial charge in [-0.3, -0.25) is 29.1 Å². The molecule has 0 saturated carbocycles. The molecule has 2 unspecified atom stereocenters. The molecule has 320 valence electrons. The Morgan fingerprint density at radius 1 is 0.905 bits per heavy atom. The maximum absolute atomic E-state index is 13.2. The van der Waals surface area contributed by atoms with Crippen molar-refractivity contribution in [1.82, 2.24) is 4.90 Å². The number of ether oxygens (including phenoxy) is 2. The molecule has 15 nitrogen and oxygen atoms in total. The summed E-state index contributed by atoms with van der Waals surface area (Å²) in [6, 6.07) is 22.5. The van der Waals surface area contributed by atoms with Gasteiger partial charge in [-0.25, -0.2) is 4.99 Å². The number of Topliss-reactive ketones (excluding diaryl/α,β-unsaturated/α-hetero) is 2. The smallest absolute Gasteiger partial charge is 0.847 e. The van der Waals surface area contributed by atoms with E-state index in [9.17, 15) is 41.8 Å². The number of aldehydes is 1. The van der Waals surface area contributed by atoms with Crippen LogP contribution in [0, 0.1) is 24.2 Å². The molecule has 0 radical (unpaired) electrons. The van der Waals surface area contributed by atoms with E-state index in [1.165, 1.54) is 91.8 Å². The average molecular weight is 861 g/mol. The number of aliphatic imine (C=N–C) groups is 2. The Morgan fingerprint density at radius 3 is 1.86 bits per heavy atom. The zero-order chi connectivity index (χ0) is 45.7. The second-order valence-electron chi connectivity index (χ2n) is 11.7. The van der Waals surface area contributed by atoms with E-state index in [-0.39, 0.29) is 77.8 Å². The predicted molar refractivity (Wildman–Crippen MR) is 212 cm³/mol. The molecule has 0 aromatic heterocycles. The molecule has 1 aliphatic rings. The average Bonchev–Trinajstić information content (AvgIpc) is 3.49. The summed E-state index contributed by atoms with van der Waals surface area (Å²) in [5.41, 5.74) is 15.6. The van der Waals surface area contributed by atoms with Crippen molar-refractivity contribution in [3.05, 3.63) is 137 Å². The predicted octanol–water partition coefficient (Wildman–Crippen LogP) is -3.65. The molecule has 5 rings (SSSR count). The molecule has 63 heavy (non-hydrogen) atoms. The molecule has 21 heteroatoms. The number of likely N-dealkylation sites (N-methyl/N-ethyl adjacent to an activating group) is 1. The third kappa shape index (κ3) is 16.8. The van der Waals surface area contributed by atoms with Crippen LogP contribution in [0.1, 0.15) is 53.9 Å². The molecule has 1 aliphatic heterocycles. The Balaban J connectivity index is 0.00000102. The Kier molecular flexibility index (Phi) is 25.4. The molecule has 4 aromatic rings. The summed E-state index contributed by atoms with van der Waals surface area (Å²) in [6.45, 7) is -6.86. The van der Waals surface area contributed by atoms with E-state index in [0.717, 1.165) is 0 Å². The van der Waals surface area contributed by atoms with Crippen molar-refractivity contribution in [2.24, 2.45) is 27.2 Å². The van der Waals surface area contributed by atoms with Gasteiger partial charge in [-0.2, -0.15) is 17.6 Å². The number of halogens is 4. The molecule has 1 amide bonds. The first-order chi connectivity index (χ1) is 29.0. The van der Waals surface area contributed by atoms with Crippen molar-refractivity contribution in [2.75, 3.05) is 27.3 Å². The van der Waals surface area contributed by atoms with E-state index >= 15 is 0 Å². The summed E-state index contributed by atoms with van der Waals surface area (Å²) in [5.74, 6) is 4.39. The summed E-state index contributed by atoms with van der Waals surface area (Å²) >= 11 is 0. The molecular formula is C42H38F4Li2N6O9. The maximum Gasteiger partial charge on any atom is 1.00 e. The largest absolute Gasteiger partial charge is 1.00 e. The summed E-state index contributed by atoms with van der Waals surface area (Å²) in [4.78, 5) is 57.0. The van der Waals surface area contributed by atoms with Crippen LogP contribution in [0.15, 0.2) is 107 Å². The SMILES string of the molecule is CN1C(=O)C(c2ccc(OC(F)F)cc2)(c2cccc(C(O)C#CCO)c2)N=C1N.CN=C(N)N.O=Cc1cccc(C(=O)C(=O)c2ccc(OC(F)F)cc2)c1.[C-]#CC[O-].[Li+].[Li+]. The van der Waals surface area contributed by atoms with Gasteiger partial charge in [-0.1, -0.05) is 60.4 Å². The van der Waals surface area contributed by atoms with Gasteiger partial charge in [0, 0.05) is 30.8 Å². The van der Waals surface area contributed by atoms with Crippen molar-refractivity contribution in [1.29, 1.82) is 0 Å². The van der Waals surface area contributed by atoms with Gasteiger partial charge in [-0.05, 0) is 65.2 Å². The zero-order valence-corrected chi connectivity index (χ0v) is 34.3. The third-order valence-electron chi connectivity index (χ3n) is 7.84. The van der Waals surface area contributed by atoms with E-state index < -0.39 is 55.6 Å². The zero-order valence-electron chi connectivity index (χ0n) is 34.3. The van der Waals surface area contributed by atoms with Crippen LogP contribution in [0.5, 0.6) is 11.5 Å². The summed E-state index contributed by atoms with van der Waals surface area (Å²) in [5, 5.41) is 28.1. The van der Waals surface area contributed by atoms with Gasteiger partial charge < -0.3 is 54.3 Å². The molecule has 0 spiro atoms. The van der Waals surface area contributed by atoms with Crippen LogP contribution in [-0.2, 0) is 10.3 Å². The molecular weight excluding hydrogens is 822 g/mol. The van der Waals surface area contributed by atoms with Gasteiger partial charge in [0.25, 0.3) is 5.91 Å². The normalized spacial score (nSPS) is 13.7. The van der Waals surface area contributed by atoms with E-state index in [2.05, 4.69) is 31.3 Å². The van der Waals surface area contributed by atoms with Crippen LogP contribution in [0.25, 0.3) is 0 Å². The number of aliphatic hydroxyl groups is 2. The van der Waals surface area contributed by atoms with Gasteiger partial charge in [0.1, 0.15) is 30.5 Å². The van der Waals surface area contributed by atoms with Crippen molar-refractivity contribution >= 4 is 35.7 Å². The Bertz CT molecular complexity index is 2300. The van der Waals surface area contributed by atoms with E-state index in [1.54, 1.807) is 30.2 Å². The number of ketones is 2. The maximum atomic E-state index is 13.2. The van der Waals surface area contributed by atoms with Crippen molar-refractivity contribution in [3.8, 4) is 29.3 Å².